The lowest BCUT2D eigenvalue weighted by atomic mass is 10.2. The van der Waals surface area contributed by atoms with Gasteiger partial charge in [0.15, 0.2) is 10.9 Å². The summed E-state index contributed by atoms with van der Waals surface area (Å²) >= 11 is 2.82. The summed E-state index contributed by atoms with van der Waals surface area (Å²) in [4.78, 5) is 28.1. The molecule has 0 bridgehead atoms. The number of amides is 1. The first kappa shape index (κ1) is 20.2. The van der Waals surface area contributed by atoms with Gasteiger partial charge in [-0.05, 0) is 43.7 Å². The first-order valence-corrected chi connectivity index (χ1v) is 10.5. The summed E-state index contributed by atoms with van der Waals surface area (Å²) in [5.41, 5.74) is 2.48. The molecule has 0 unspecified atom stereocenters. The molecule has 0 radical (unpaired) electrons. The summed E-state index contributed by atoms with van der Waals surface area (Å²) in [6, 6.07) is 13.1. The monoisotopic (exact) mass is 416 g/mol. The Bertz CT molecular complexity index is 987. The van der Waals surface area contributed by atoms with E-state index in [2.05, 4.69) is 10.3 Å². The molecule has 0 saturated heterocycles. The number of hydrogen-bond acceptors (Lipinski definition) is 7. The van der Waals surface area contributed by atoms with Gasteiger partial charge in [0.1, 0.15) is 5.75 Å². The van der Waals surface area contributed by atoms with Crippen LogP contribution in [-0.2, 0) is 14.3 Å². The average molecular weight is 417 g/mol. The van der Waals surface area contributed by atoms with Gasteiger partial charge in [0.05, 0.1) is 22.6 Å². The molecule has 1 heterocycles. The first-order valence-electron chi connectivity index (χ1n) is 8.72. The summed E-state index contributed by atoms with van der Waals surface area (Å²) < 4.78 is 12.2. The predicted molar refractivity (Wildman–Crippen MR) is 112 cm³/mol. The molecule has 3 aromatic rings. The van der Waals surface area contributed by atoms with Crippen LogP contribution in [0.5, 0.6) is 5.75 Å². The highest BCUT2D eigenvalue weighted by atomic mass is 32.2. The molecular formula is C20H20N2O4S2. The third-order valence-electron chi connectivity index (χ3n) is 3.72. The number of benzene rings is 2. The van der Waals surface area contributed by atoms with Crippen LogP contribution in [0.25, 0.3) is 10.2 Å². The maximum atomic E-state index is 12.2. The highest BCUT2D eigenvalue weighted by Gasteiger charge is 2.10. The summed E-state index contributed by atoms with van der Waals surface area (Å²) in [6.45, 7) is 4.02. The van der Waals surface area contributed by atoms with E-state index in [0.717, 1.165) is 20.1 Å². The molecule has 1 aromatic heterocycles. The van der Waals surface area contributed by atoms with Crippen molar-refractivity contribution in [3.05, 3.63) is 48.0 Å². The van der Waals surface area contributed by atoms with E-state index in [-0.39, 0.29) is 24.2 Å². The second-order valence-corrected chi connectivity index (χ2v) is 8.11. The second kappa shape index (κ2) is 9.57. The van der Waals surface area contributed by atoms with E-state index in [1.165, 1.54) is 23.1 Å². The fourth-order valence-corrected chi connectivity index (χ4v) is 4.33. The predicted octanol–water partition coefficient (Wildman–Crippen LogP) is 4.28. The zero-order valence-electron chi connectivity index (χ0n) is 15.6. The van der Waals surface area contributed by atoms with Gasteiger partial charge in [-0.1, -0.05) is 30.0 Å². The van der Waals surface area contributed by atoms with Crippen LogP contribution in [0.1, 0.15) is 12.5 Å². The molecule has 146 valence electrons. The lowest BCUT2D eigenvalue weighted by Crippen LogP contribution is -2.20. The number of fused-ring (bicyclic) bond motifs is 1. The van der Waals surface area contributed by atoms with E-state index in [9.17, 15) is 9.59 Å². The normalized spacial score (nSPS) is 10.6. The van der Waals surface area contributed by atoms with E-state index >= 15 is 0 Å². The zero-order valence-corrected chi connectivity index (χ0v) is 17.2. The Labute approximate surface area is 171 Å². The van der Waals surface area contributed by atoms with Crippen LogP contribution in [-0.4, -0.2) is 35.8 Å². The highest BCUT2D eigenvalue weighted by Crippen LogP contribution is 2.31. The number of esters is 1. The van der Waals surface area contributed by atoms with Crippen molar-refractivity contribution in [2.75, 3.05) is 24.3 Å². The number of carbonyl (C=O) groups is 2. The Morgan fingerprint density at radius 2 is 2.04 bits per heavy atom. The number of nitrogens with zero attached hydrogens (tertiary/aromatic N) is 1. The summed E-state index contributed by atoms with van der Waals surface area (Å²) in [6.07, 6.45) is 0. The molecule has 0 spiro atoms. The topological polar surface area (TPSA) is 77.5 Å². The fraction of sp³-hybridized carbons (Fsp3) is 0.250. The van der Waals surface area contributed by atoms with Gasteiger partial charge in [0.25, 0.3) is 5.91 Å². The van der Waals surface area contributed by atoms with Gasteiger partial charge in [-0.25, -0.2) is 4.98 Å². The van der Waals surface area contributed by atoms with Gasteiger partial charge in [0.2, 0.25) is 0 Å². The Morgan fingerprint density at radius 3 is 2.82 bits per heavy atom. The van der Waals surface area contributed by atoms with Crippen molar-refractivity contribution in [1.29, 1.82) is 0 Å². The molecule has 3 rings (SSSR count). The maximum Gasteiger partial charge on any atom is 0.316 e. The van der Waals surface area contributed by atoms with Crippen molar-refractivity contribution >= 4 is 50.9 Å². The molecule has 0 fully saturated rings. The van der Waals surface area contributed by atoms with Gasteiger partial charge in [-0.2, -0.15) is 0 Å². The lowest BCUT2D eigenvalue weighted by Gasteiger charge is -2.09. The first-order chi connectivity index (χ1) is 13.5. The number of carbonyl (C=O) groups excluding carboxylic acids is 2. The number of para-hydroxylation sites is 1. The van der Waals surface area contributed by atoms with E-state index in [1.54, 1.807) is 13.0 Å². The number of nitrogens with one attached hydrogen (secondary N) is 1. The number of aryl methyl sites for hydroxylation is 1. The quantitative estimate of drug-likeness (QED) is 0.436. The van der Waals surface area contributed by atoms with Crippen LogP contribution < -0.4 is 10.1 Å². The number of aromatic nitrogens is 1. The van der Waals surface area contributed by atoms with E-state index in [0.29, 0.717) is 18.0 Å². The summed E-state index contributed by atoms with van der Waals surface area (Å²) in [5, 5.41) is 2.83. The van der Waals surface area contributed by atoms with Crippen molar-refractivity contribution in [3.63, 3.8) is 0 Å². The van der Waals surface area contributed by atoms with Gasteiger partial charge < -0.3 is 14.8 Å². The van der Waals surface area contributed by atoms with Crippen molar-refractivity contribution in [2.45, 2.75) is 18.2 Å². The zero-order chi connectivity index (χ0) is 19.9. The number of anilines is 1. The summed E-state index contributed by atoms with van der Waals surface area (Å²) in [7, 11) is 0. The Hall–Kier alpha value is -2.58. The van der Waals surface area contributed by atoms with Gasteiger partial charge in [0, 0.05) is 5.69 Å². The van der Waals surface area contributed by atoms with Gasteiger partial charge in [-0.3, -0.25) is 9.59 Å². The third kappa shape index (κ3) is 5.46. The van der Waals surface area contributed by atoms with Crippen LogP contribution in [0.4, 0.5) is 5.69 Å². The molecule has 6 nitrogen and oxygen atoms in total. The number of ether oxygens (including phenoxy) is 2. The fourth-order valence-electron chi connectivity index (χ4n) is 2.43. The van der Waals surface area contributed by atoms with Crippen LogP contribution in [0, 0.1) is 6.92 Å². The Morgan fingerprint density at radius 1 is 1.21 bits per heavy atom. The molecule has 0 atom stereocenters. The number of rotatable bonds is 8. The van der Waals surface area contributed by atoms with Crippen LogP contribution >= 0.6 is 23.1 Å². The van der Waals surface area contributed by atoms with Crippen molar-refractivity contribution < 1.29 is 19.1 Å². The molecule has 0 aliphatic heterocycles. The number of thioether (sulfide) groups is 1. The highest BCUT2D eigenvalue weighted by molar-refractivity contribution is 8.01. The Balaban J connectivity index is 1.58. The molecule has 2 aromatic carbocycles. The van der Waals surface area contributed by atoms with Crippen LogP contribution in [0.3, 0.4) is 0 Å². The standard InChI is InChI=1S/C20H20N2O4S2/c1-3-25-19(24)12-27-20-22-15-9-8-14(10-17(15)28-20)21-18(23)11-26-16-7-5-4-6-13(16)2/h4-10H,3,11-12H2,1-2H3,(H,21,23). The molecule has 8 heteroatoms. The molecular weight excluding hydrogens is 396 g/mol. The molecule has 28 heavy (non-hydrogen) atoms. The third-order valence-corrected chi connectivity index (χ3v) is 5.86. The largest absolute Gasteiger partial charge is 0.483 e. The molecule has 0 aliphatic rings. The Kier molecular flexibility index (Phi) is 6.89. The van der Waals surface area contributed by atoms with Gasteiger partial charge in [-0.15, -0.1) is 11.3 Å². The number of hydrogen-bond donors (Lipinski definition) is 1. The summed E-state index contributed by atoms with van der Waals surface area (Å²) in [5.74, 6) is 0.434. The minimum atomic E-state index is -0.256. The lowest BCUT2D eigenvalue weighted by molar-refractivity contribution is -0.139. The minimum Gasteiger partial charge on any atom is -0.483 e. The van der Waals surface area contributed by atoms with E-state index in [4.69, 9.17) is 9.47 Å². The van der Waals surface area contributed by atoms with Crippen molar-refractivity contribution in [3.8, 4) is 5.75 Å². The van der Waals surface area contributed by atoms with Crippen LogP contribution in [0.2, 0.25) is 0 Å². The van der Waals surface area contributed by atoms with E-state index in [1.807, 2.05) is 43.3 Å². The van der Waals surface area contributed by atoms with Crippen molar-refractivity contribution in [1.82, 2.24) is 4.98 Å². The van der Waals surface area contributed by atoms with Crippen molar-refractivity contribution in [2.24, 2.45) is 0 Å². The van der Waals surface area contributed by atoms with Crippen LogP contribution in [0.15, 0.2) is 46.8 Å². The molecule has 1 N–H and O–H groups in total. The maximum absolute atomic E-state index is 12.2. The molecule has 0 aliphatic carbocycles. The molecule has 1 amide bonds. The average Bonchev–Trinajstić information content (AvgIpc) is 3.08. The van der Waals surface area contributed by atoms with E-state index < -0.39 is 0 Å². The second-order valence-electron chi connectivity index (χ2n) is 5.86. The minimum absolute atomic E-state index is 0.0633. The number of thiazole rings is 1. The van der Waals surface area contributed by atoms with Gasteiger partial charge >= 0.3 is 5.97 Å². The SMILES string of the molecule is CCOC(=O)CSc1nc2ccc(NC(=O)COc3ccccc3C)cc2s1. The smallest absolute Gasteiger partial charge is 0.316 e. The molecule has 0 saturated carbocycles.